The standard InChI is InChI=1S/C28H27N3O3/c1-19(20-13-15-22(16-14-20)21-8-3-2-4-9-21)29-25(32)18-31-26(33)28(30-27(31)34)17-7-11-23-10-5-6-12-24(23)28/h2-6,8-10,12-16,19H,7,11,17-18H2,1H3,(H,29,32)(H,30,34). The van der Waals surface area contributed by atoms with Crippen LogP contribution in [0.2, 0.25) is 0 Å². The number of amides is 4. The summed E-state index contributed by atoms with van der Waals surface area (Å²) in [6.45, 7) is 1.58. The number of benzene rings is 3. The van der Waals surface area contributed by atoms with Crippen LogP contribution in [0, 0.1) is 0 Å². The van der Waals surface area contributed by atoms with Crippen molar-refractivity contribution < 1.29 is 14.4 Å². The van der Waals surface area contributed by atoms with Crippen molar-refractivity contribution in [2.24, 2.45) is 0 Å². The average Bonchev–Trinajstić information content (AvgIpc) is 3.09. The first-order valence-electron chi connectivity index (χ1n) is 11.7. The molecule has 1 fully saturated rings. The molecule has 34 heavy (non-hydrogen) atoms. The van der Waals surface area contributed by atoms with E-state index in [0.717, 1.165) is 45.6 Å². The highest BCUT2D eigenvalue weighted by Gasteiger charge is 2.54. The summed E-state index contributed by atoms with van der Waals surface area (Å²) < 4.78 is 0. The molecule has 6 nitrogen and oxygen atoms in total. The lowest BCUT2D eigenvalue weighted by Gasteiger charge is -2.33. The third-order valence-corrected chi connectivity index (χ3v) is 6.85. The maximum absolute atomic E-state index is 13.4. The molecule has 1 saturated heterocycles. The van der Waals surface area contributed by atoms with Gasteiger partial charge in [0, 0.05) is 0 Å². The Morgan fingerprint density at radius 1 is 0.971 bits per heavy atom. The molecular weight excluding hydrogens is 426 g/mol. The van der Waals surface area contributed by atoms with Crippen molar-refractivity contribution >= 4 is 17.8 Å². The van der Waals surface area contributed by atoms with Crippen LogP contribution in [0.1, 0.15) is 42.5 Å². The lowest BCUT2D eigenvalue weighted by Crippen LogP contribution is -2.47. The van der Waals surface area contributed by atoms with Crippen molar-refractivity contribution in [1.82, 2.24) is 15.5 Å². The van der Waals surface area contributed by atoms with Gasteiger partial charge in [-0.05, 0) is 54.0 Å². The molecule has 5 rings (SSSR count). The predicted molar refractivity (Wildman–Crippen MR) is 130 cm³/mol. The predicted octanol–water partition coefficient (Wildman–Crippen LogP) is 4.31. The molecule has 3 aromatic rings. The molecule has 172 valence electrons. The highest BCUT2D eigenvalue weighted by Crippen LogP contribution is 2.39. The number of nitrogens with zero attached hydrogens (tertiary/aromatic N) is 1. The van der Waals surface area contributed by atoms with E-state index in [9.17, 15) is 14.4 Å². The van der Waals surface area contributed by atoms with Crippen LogP contribution in [0.25, 0.3) is 11.1 Å². The number of fused-ring (bicyclic) bond motifs is 2. The van der Waals surface area contributed by atoms with Crippen molar-refractivity contribution in [2.45, 2.75) is 37.8 Å². The monoisotopic (exact) mass is 453 g/mol. The fourth-order valence-corrected chi connectivity index (χ4v) is 5.06. The molecule has 0 radical (unpaired) electrons. The van der Waals surface area contributed by atoms with E-state index in [1.165, 1.54) is 0 Å². The van der Waals surface area contributed by atoms with Crippen LogP contribution >= 0.6 is 0 Å². The molecule has 1 spiro atoms. The van der Waals surface area contributed by atoms with Gasteiger partial charge in [0.05, 0.1) is 6.04 Å². The minimum atomic E-state index is -1.06. The average molecular weight is 454 g/mol. The first-order valence-corrected chi connectivity index (χ1v) is 11.7. The number of imide groups is 1. The summed E-state index contributed by atoms with van der Waals surface area (Å²) in [5, 5.41) is 5.82. The first-order chi connectivity index (χ1) is 16.5. The first kappa shape index (κ1) is 21.9. The summed E-state index contributed by atoms with van der Waals surface area (Å²) in [5.74, 6) is -0.719. The molecule has 3 aromatic carbocycles. The van der Waals surface area contributed by atoms with Crippen molar-refractivity contribution in [3.8, 4) is 11.1 Å². The fourth-order valence-electron chi connectivity index (χ4n) is 5.06. The molecule has 1 heterocycles. The van der Waals surface area contributed by atoms with E-state index in [-0.39, 0.29) is 24.4 Å². The number of carbonyl (C=O) groups is 3. The van der Waals surface area contributed by atoms with Gasteiger partial charge in [-0.3, -0.25) is 14.5 Å². The normalized spacial score (nSPS) is 20.1. The topological polar surface area (TPSA) is 78.5 Å². The molecule has 1 aliphatic heterocycles. The summed E-state index contributed by atoms with van der Waals surface area (Å²) in [4.78, 5) is 40.0. The van der Waals surface area contributed by atoms with Crippen molar-refractivity contribution in [1.29, 1.82) is 0 Å². The van der Waals surface area contributed by atoms with Gasteiger partial charge in [-0.2, -0.15) is 0 Å². The van der Waals surface area contributed by atoms with Gasteiger partial charge in [-0.25, -0.2) is 4.79 Å². The molecule has 6 heteroatoms. The van der Waals surface area contributed by atoms with Gasteiger partial charge in [-0.1, -0.05) is 78.9 Å². The minimum Gasteiger partial charge on any atom is -0.348 e. The van der Waals surface area contributed by atoms with Gasteiger partial charge < -0.3 is 10.6 Å². The Morgan fingerprint density at radius 3 is 2.41 bits per heavy atom. The van der Waals surface area contributed by atoms with Crippen LogP contribution in [-0.4, -0.2) is 29.3 Å². The summed E-state index contributed by atoms with van der Waals surface area (Å²) in [7, 11) is 0. The van der Waals surface area contributed by atoms with Crippen LogP contribution in [-0.2, 0) is 21.5 Å². The van der Waals surface area contributed by atoms with Gasteiger partial charge >= 0.3 is 6.03 Å². The minimum absolute atomic E-state index is 0.262. The van der Waals surface area contributed by atoms with E-state index in [1.807, 2.05) is 73.7 Å². The van der Waals surface area contributed by atoms with E-state index < -0.39 is 11.6 Å². The summed E-state index contributed by atoms with van der Waals surface area (Å²) in [6.07, 6.45) is 2.22. The van der Waals surface area contributed by atoms with Crippen LogP contribution in [0.15, 0.2) is 78.9 Å². The third kappa shape index (κ3) is 3.85. The Kier molecular flexibility index (Phi) is 5.65. The Balaban J connectivity index is 1.26. The SMILES string of the molecule is CC(NC(=O)CN1C(=O)NC2(CCCc3ccccc32)C1=O)c1ccc(-c2ccccc2)cc1. The smallest absolute Gasteiger partial charge is 0.325 e. The van der Waals surface area contributed by atoms with E-state index in [1.54, 1.807) is 0 Å². The number of carbonyl (C=O) groups excluding carboxylic acids is 3. The fraction of sp³-hybridized carbons (Fsp3) is 0.250. The number of urea groups is 1. The lowest BCUT2D eigenvalue weighted by atomic mass is 9.76. The number of hydrogen-bond donors (Lipinski definition) is 2. The Morgan fingerprint density at radius 2 is 1.65 bits per heavy atom. The zero-order chi connectivity index (χ0) is 23.7. The van der Waals surface area contributed by atoms with Gasteiger partial charge in [0.1, 0.15) is 12.1 Å². The van der Waals surface area contributed by atoms with Crippen molar-refractivity contribution in [2.75, 3.05) is 6.54 Å². The second-order valence-electron chi connectivity index (χ2n) is 9.01. The second-order valence-corrected chi connectivity index (χ2v) is 9.01. The Hall–Kier alpha value is -3.93. The summed E-state index contributed by atoms with van der Waals surface area (Å²) in [6, 6.07) is 25.0. The lowest BCUT2D eigenvalue weighted by molar-refractivity contribution is -0.135. The maximum atomic E-state index is 13.4. The van der Waals surface area contributed by atoms with Crippen LogP contribution in [0.4, 0.5) is 4.79 Å². The van der Waals surface area contributed by atoms with E-state index >= 15 is 0 Å². The second kappa shape index (κ2) is 8.78. The van der Waals surface area contributed by atoms with Gasteiger partial charge in [0.15, 0.2) is 0 Å². The van der Waals surface area contributed by atoms with E-state index in [0.29, 0.717) is 6.42 Å². The molecule has 0 aromatic heterocycles. The highest BCUT2D eigenvalue weighted by molar-refractivity contribution is 6.09. The molecule has 2 atom stereocenters. The number of aryl methyl sites for hydroxylation is 1. The quantitative estimate of drug-likeness (QED) is 0.565. The molecule has 2 unspecified atom stereocenters. The van der Waals surface area contributed by atoms with Gasteiger partial charge in [0.25, 0.3) is 5.91 Å². The van der Waals surface area contributed by atoms with Gasteiger partial charge in [-0.15, -0.1) is 0 Å². The Bertz CT molecular complexity index is 1240. The zero-order valence-corrected chi connectivity index (χ0v) is 19.1. The Labute approximate surface area is 199 Å². The molecular formula is C28H27N3O3. The van der Waals surface area contributed by atoms with Crippen LogP contribution in [0.5, 0.6) is 0 Å². The number of nitrogens with one attached hydrogen (secondary N) is 2. The summed E-state index contributed by atoms with van der Waals surface area (Å²) in [5.41, 5.74) is 4.02. The number of hydrogen-bond acceptors (Lipinski definition) is 3. The van der Waals surface area contributed by atoms with Crippen molar-refractivity contribution in [3.63, 3.8) is 0 Å². The number of rotatable bonds is 5. The summed E-state index contributed by atoms with van der Waals surface area (Å²) >= 11 is 0. The third-order valence-electron chi connectivity index (χ3n) is 6.85. The largest absolute Gasteiger partial charge is 0.348 e. The molecule has 4 amide bonds. The molecule has 0 saturated carbocycles. The molecule has 2 aliphatic rings. The van der Waals surface area contributed by atoms with E-state index in [2.05, 4.69) is 22.8 Å². The molecule has 1 aliphatic carbocycles. The molecule has 2 N–H and O–H groups in total. The maximum Gasteiger partial charge on any atom is 0.325 e. The van der Waals surface area contributed by atoms with Gasteiger partial charge in [0.2, 0.25) is 5.91 Å². The van der Waals surface area contributed by atoms with E-state index in [4.69, 9.17) is 0 Å². The molecule has 0 bridgehead atoms. The van der Waals surface area contributed by atoms with Crippen LogP contribution < -0.4 is 10.6 Å². The zero-order valence-electron chi connectivity index (χ0n) is 19.1. The van der Waals surface area contributed by atoms with Crippen LogP contribution in [0.3, 0.4) is 0 Å². The highest BCUT2D eigenvalue weighted by atomic mass is 16.2. The van der Waals surface area contributed by atoms with Crippen molar-refractivity contribution in [3.05, 3.63) is 95.6 Å².